The molecule has 0 saturated carbocycles. The minimum Gasteiger partial charge on any atom is -0.392 e. The second-order valence-electron chi connectivity index (χ2n) is 4.57. The number of aliphatic hydroxyl groups excluding tert-OH is 1. The lowest BCUT2D eigenvalue weighted by molar-refractivity contribution is 0.0950. The van der Waals surface area contributed by atoms with Crippen molar-refractivity contribution in [3.05, 3.63) is 69.7 Å². The Bertz CT molecular complexity index is 626. The zero-order chi connectivity index (χ0) is 14.5. The van der Waals surface area contributed by atoms with Crippen LogP contribution in [0.4, 0.5) is 0 Å². The lowest BCUT2D eigenvalue weighted by atomic mass is 10.1. The van der Waals surface area contributed by atoms with E-state index in [1.54, 1.807) is 18.2 Å². The number of hydrogen-bond donors (Lipinski definition) is 2. The van der Waals surface area contributed by atoms with Crippen LogP contribution in [0.3, 0.4) is 0 Å². The second-order valence-corrected chi connectivity index (χ2v) is 4.98. The SMILES string of the molecule is Cc1c(Cl)cccc1C(=O)NCc1cccc(CO)c1. The Labute approximate surface area is 123 Å². The molecule has 4 heteroatoms. The van der Waals surface area contributed by atoms with Gasteiger partial charge in [0.15, 0.2) is 0 Å². The van der Waals surface area contributed by atoms with E-state index in [4.69, 9.17) is 16.7 Å². The standard InChI is InChI=1S/C16H16ClNO2/c1-11-14(6-3-7-15(11)17)16(20)18-9-12-4-2-5-13(8-12)10-19/h2-8,19H,9-10H2,1H3,(H,18,20). The van der Waals surface area contributed by atoms with Crippen LogP contribution in [0.2, 0.25) is 5.02 Å². The molecule has 2 N–H and O–H groups in total. The van der Waals surface area contributed by atoms with Crippen molar-refractivity contribution in [1.29, 1.82) is 0 Å². The zero-order valence-corrected chi connectivity index (χ0v) is 11.9. The van der Waals surface area contributed by atoms with E-state index < -0.39 is 0 Å². The third-order valence-corrected chi connectivity index (χ3v) is 3.55. The van der Waals surface area contributed by atoms with Crippen molar-refractivity contribution < 1.29 is 9.90 Å². The molecule has 3 nitrogen and oxygen atoms in total. The summed E-state index contributed by atoms with van der Waals surface area (Å²) in [5, 5.41) is 12.5. The fourth-order valence-corrected chi connectivity index (χ4v) is 2.14. The summed E-state index contributed by atoms with van der Waals surface area (Å²) in [5.41, 5.74) is 3.13. The molecule has 2 aromatic rings. The number of nitrogens with one attached hydrogen (secondary N) is 1. The molecule has 20 heavy (non-hydrogen) atoms. The van der Waals surface area contributed by atoms with Crippen LogP contribution in [0, 0.1) is 6.92 Å². The van der Waals surface area contributed by atoms with Crippen molar-refractivity contribution in [1.82, 2.24) is 5.32 Å². The quantitative estimate of drug-likeness (QED) is 0.909. The molecule has 0 aliphatic rings. The number of benzene rings is 2. The lowest BCUT2D eigenvalue weighted by Crippen LogP contribution is -2.23. The molecule has 0 unspecified atom stereocenters. The van der Waals surface area contributed by atoms with E-state index in [1.807, 2.05) is 31.2 Å². The number of carbonyl (C=O) groups excluding carboxylic acids is 1. The molecule has 0 spiro atoms. The lowest BCUT2D eigenvalue weighted by Gasteiger charge is -2.09. The van der Waals surface area contributed by atoms with E-state index in [0.29, 0.717) is 17.1 Å². The summed E-state index contributed by atoms with van der Waals surface area (Å²) in [6.07, 6.45) is 0. The molecule has 104 valence electrons. The van der Waals surface area contributed by atoms with E-state index in [1.165, 1.54) is 0 Å². The molecule has 0 bridgehead atoms. The number of aliphatic hydroxyl groups is 1. The maximum absolute atomic E-state index is 12.1. The molecule has 0 fully saturated rings. The van der Waals surface area contributed by atoms with Crippen LogP contribution < -0.4 is 5.32 Å². The summed E-state index contributed by atoms with van der Waals surface area (Å²) in [5.74, 6) is -0.153. The van der Waals surface area contributed by atoms with Crippen LogP contribution in [0.5, 0.6) is 0 Å². The molecule has 0 aromatic heterocycles. The van der Waals surface area contributed by atoms with Gasteiger partial charge in [-0.15, -0.1) is 0 Å². The van der Waals surface area contributed by atoms with Crippen molar-refractivity contribution in [2.75, 3.05) is 0 Å². The largest absolute Gasteiger partial charge is 0.392 e. The zero-order valence-electron chi connectivity index (χ0n) is 11.2. The van der Waals surface area contributed by atoms with Gasteiger partial charge in [0.25, 0.3) is 5.91 Å². The summed E-state index contributed by atoms with van der Waals surface area (Å²) in [6.45, 7) is 2.23. The average molecular weight is 290 g/mol. The Morgan fingerprint density at radius 2 is 1.90 bits per heavy atom. The summed E-state index contributed by atoms with van der Waals surface area (Å²) < 4.78 is 0. The van der Waals surface area contributed by atoms with Gasteiger partial charge in [0.2, 0.25) is 0 Å². The van der Waals surface area contributed by atoms with Crippen LogP contribution in [0.1, 0.15) is 27.0 Å². The average Bonchev–Trinajstić information content (AvgIpc) is 2.48. The number of amides is 1. The Morgan fingerprint density at radius 3 is 2.65 bits per heavy atom. The molecule has 0 heterocycles. The monoisotopic (exact) mass is 289 g/mol. The number of halogens is 1. The van der Waals surface area contributed by atoms with Gasteiger partial charge in [0, 0.05) is 17.1 Å². The van der Waals surface area contributed by atoms with E-state index in [-0.39, 0.29) is 12.5 Å². The molecule has 0 atom stereocenters. The molecular formula is C16H16ClNO2. The summed E-state index contributed by atoms with van der Waals surface area (Å²) in [4.78, 5) is 12.1. The van der Waals surface area contributed by atoms with Crippen LogP contribution in [0.25, 0.3) is 0 Å². The van der Waals surface area contributed by atoms with Gasteiger partial charge < -0.3 is 10.4 Å². The highest BCUT2D eigenvalue weighted by Gasteiger charge is 2.10. The van der Waals surface area contributed by atoms with Crippen LogP contribution in [-0.2, 0) is 13.2 Å². The molecule has 1 amide bonds. The van der Waals surface area contributed by atoms with Gasteiger partial charge in [0.05, 0.1) is 6.61 Å². The highest BCUT2D eigenvalue weighted by molar-refractivity contribution is 6.31. The number of carbonyl (C=O) groups is 1. The maximum atomic E-state index is 12.1. The van der Waals surface area contributed by atoms with Gasteiger partial charge in [-0.1, -0.05) is 41.9 Å². The van der Waals surface area contributed by atoms with Crippen LogP contribution in [0.15, 0.2) is 42.5 Å². The van der Waals surface area contributed by atoms with Gasteiger partial charge in [-0.2, -0.15) is 0 Å². The third-order valence-electron chi connectivity index (χ3n) is 3.14. The van der Waals surface area contributed by atoms with Gasteiger partial charge in [-0.3, -0.25) is 4.79 Å². The first kappa shape index (κ1) is 14.6. The van der Waals surface area contributed by atoms with E-state index in [9.17, 15) is 4.79 Å². The fraction of sp³-hybridized carbons (Fsp3) is 0.188. The van der Waals surface area contributed by atoms with Crippen molar-refractivity contribution >= 4 is 17.5 Å². The summed E-state index contributed by atoms with van der Waals surface area (Å²) in [7, 11) is 0. The molecule has 2 rings (SSSR count). The van der Waals surface area contributed by atoms with E-state index in [0.717, 1.165) is 16.7 Å². The second kappa shape index (κ2) is 6.55. The van der Waals surface area contributed by atoms with Gasteiger partial charge in [0.1, 0.15) is 0 Å². The smallest absolute Gasteiger partial charge is 0.251 e. The fourth-order valence-electron chi connectivity index (χ4n) is 1.97. The molecule has 0 aliphatic heterocycles. The highest BCUT2D eigenvalue weighted by atomic mass is 35.5. The van der Waals surface area contributed by atoms with Crippen LogP contribution in [-0.4, -0.2) is 11.0 Å². The molecule has 0 radical (unpaired) electrons. The molecule has 0 aliphatic carbocycles. The summed E-state index contributed by atoms with van der Waals surface area (Å²) in [6, 6.07) is 12.7. The molecule has 0 saturated heterocycles. The first-order valence-electron chi connectivity index (χ1n) is 6.34. The Kier molecular flexibility index (Phi) is 4.77. The van der Waals surface area contributed by atoms with E-state index >= 15 is 0 Å². The van der Waals surface area contributed by atoms with Gasteiger partial charge in [-0.05, 0) is 35.7 Å². The van der Waals surface area contributed by atoms with Gasteiger partial charge in [-0.25, -0.2) is 0 Å². The molecular weight excluding hydrogens is 274 g/mol. The summed E-state index contributed by atoms with van der Waals surface area (Å²) >= 11 is 6.01. The van der Waals surface area contributed by atoms with Crippen LogP contribution >= 0.6 is 11.6 Å². The number of hydrogen-bond acceptors (Lipinski definition) is 2. The van der Waals surface area contributed by atoms with Crippen molar-refractivity contribution in [3.8, 4) is 0 Å². The maximum Gasteiger partial charge on any atom is 0.251 e. The predicted octanol–water partition coefficient (Wildman–Crippen LogP) is 3.07. The Hall–Kier alpha value is -1.84. The molecule has 2 aromatic carbocycles. The Balaban J connectivity index is 2.06. The van der Waals surface area contributed by atoms with Crippen molar-refractivity contribution in [3.63, 3.8) is 0 Å². The van der Waals surface area contributed by atoms with Crippen molar-refractivity contribution in [2.24, 2.45) is 0 Å². The predicted molar refractivity (Wildman–Crippen MR) is 79.7 cm³/mol. The Morgan fingerprint density at radius 1 is 1.20 bits per heavy atom. The third kappa shape index (κ3) is 3.38. The minimum absolute atomic E-state index is 0.00477. The first-order chi connectivity index (χ1) is 9.61. The normalized spacial score (nSPS) is 10.3. The minimum atomic E-state index is -0.153. The van der Waals surface area contributed by atoms with Gasteiger partial charge >= 0.3 is 0 Å². The van der Waals surface area contributed by atoms with E-state index in [2.05, 4.69) is 5.32 Å². The topological polar surface area (TPSA) is 49.3 Å². The number of rotatable bonds is 4. The first-order valence-corrected chi connectivity index (χ1v) is 6.71. The highest BCUT2D eigenvalue weighted by Crippen LogP contribution is 2.18. The van der Waals surface area contributed by atoms with Crippen molar-refractivity contribution in [2.45, 2.75) is 20.1 Å².